The van der Waals surface area contributed by atoms with E-state index < -0.39 is 6.04 Å². The van der Waals surface area contributed by atoms with Gasteiger partial charge in [-0.1, -0.05) is 55.4 Å². The number of anilines is 1. The van der Waals surface area contributed by atoms with Gasteiger partial charge in [0.1, 0.15) is 0 Å². The van der Waals surface area contributed by atoms with Crippen LogP contribution in [0.15, 0.2) is 53.7 Å². The van der Waals surface area contributed by atoms with Crippen LogP contribution >= 0.6 is 34.7 Å². The normalized spacial score (nSPS) is 11.9. The highest BCUT2D eigenvalue weighted by Crippen LogP contribution is 2.26. The van der Waals surface area contributed by atoms with Crippen molar-refractivity contribution in [3.05, 3.63) is 64.9 Å². The van der Waals surface area contributed by atoms with Gasteiger partial charge in [-0.3, -0.25) is 9.59 Å². The number of amides is 2. The van der Waals surface area contributed by atoms with Gasteiger partial charge >= 0.3 is 0 Å². The Hall–Kier alpha value is -2.69. The fourth-order valence-corrected chi connectivity index (χ4v) is 4.42. The monoisotopic (exact) mass is 490 g/mol. The molecular formula is C21H23ClN6O2S2. The molecule has 2 amide bonds. The molecule has 168 valence electrons. The molecule has 0 aliphatic heterocycles. The lowest BCUT2D eigenvalue weighted by Gasteiger charge is -2.22. The lowest BCUT2D eigenvalue weighted by Crippen LogP contribution is -2.34. The number of thiazole rings is 1. The highest BCUT2D eigenvalue weighted by Gasteiger charge is 2.27. The van der Waals surface area contributed by atoms with Gasteiger partial charge in [-0.15, -0.1) is 28.1 Å². The molecule has 32 heavy (non-hydrogen) atoms. The van der Waals surface area contributed by atoms with Crippen molar-refractivity contribution in [1.82, 2.24) is 25.1 Å². The second-order valence-corrected chi connectivity index (χ2v) is 9.33. The van der Waals surface area contributed by atoms with Crippen molar-refractivity contribution in [2.24, 2.45) is 5.92 Å². The van der Waals surface area contributed by atoms with Crippen LogP contribution < -0.4 is 10.6 Å². The van der Waals surface area contributed by atoms with Crippen LogP contribution in [0.2, 0.25) is 5.02 Å². The van der Waals surface area contributed by atoms with Crippen LogP contribution in [0.3, 0.4) is 0 Å². The number of hydrogen-bond acceptors (Lipinski definition) is 7. The van der Waals surface area contributed by atoms with Gasteiger partial charge in [-0.2, -0.15) is 0 Å². The minimum absolute atomic E-state index is 0.0280. The van der Waals surface area contributed by atoms with Crippen LogP contribution in [0, 0.1) is 5.92 Å². The summed E-state index contributed by atoms with van der Waals surface area (Å²) in [5.41, 5.74) is 0.392. The number of hydrogen-bond donors (Lipinski definition) is 2. The smallest absolute Gasteiger partial charge is 0.253 e. The molecule has 3 rings (SSSR count). The minimum Gasteiger partial charge on any atom is -0.342 e. The van der Waals surface area contributed by atoms with E-state index in [0.717, 1.165) is 0 Å². The summed E-state index contributed by atoms with van der Waals surface area (Å²) in [6.07, 6.45) is 3.35. The van der Waals surface area contributed by atoms with Crippen LogP contribution in [0.4, 0.5) is 5.13 Å². The van der Waals surface area contributed by atoms with Crippen LogP contribution in [0.25, 0.3) is 0 Å². The van der Waals surface area contributed by atoms with Gasteiger partial charge < -0.3 is 15.2 Å². The SMILES string of the molecule is C=CCn1c(SCC(=O)Nc2nccs2)nnc1C(NC(=O)c1ccccc1Cl)C(C)C. The first kappa shape index (κ1) is 24.0. The Morgan fingerprint density at radius 2 is 2.09 bits per heavy atom. The molecule has 8 nitrogen and oxygen atoms in total. The third kappa shape index (κ3) is 5.96. The van der Waals surface area contributed by atoms with E-state index >= 15 is 0 Å². The first-order valence-electron chi connectivity index (χ1n) is 9.82. The molecule has 11 heteroatoms. The number of nitrogens with one attached hydrogen (secondary N) is 2. The molecule has 0 aliphatic rings. The molecule has 1 unspecified atom stereocenters. The van der Waals surface area contributed by atoms with Crippen molar-refractivity contribution in [3.63, 3.8) is 0 Å². The molecule has 0 fully saturated rings. The summed E-state index contributed by atoms with van der Waals surface area (Å²) in [6.45, 7) is 8.21. The Labute approximate surface area is 199 Å². The van der Waals surface area contributed by atoms with Crippen molar-refractivity contribution in [2.75, 3.05) is 11.1 Å². The summed E-state index contributed by atoms with van der Waals surface area (Å²) in [6, 6.07) is 6.47. The summed E-state index contributed by atoms with van der Waals surface area (Å²) in [5, 5.41) is 17.6. The molecule has 0 spiro atoms. The Balaban J connectivity index is 1.77. The molecular weight excluding hydrogens is 468 g/mol. The van der Waals surface area contributed by atoms with Crippen molar-refractivity contribution in [1.29, 1.82) is 0 Å². The van der Waals surface area contributed by atoms with Gasteiger partial charge in [-0.25, -0.2) is 4.98 Å². The number of aromatic nitrogens is 4. The van der Waals surface area contributed by atoms with Gasteiger partial charge in [0.25, 0.3) is 5.91 Å². The van der Waals surface area contributed by atoms with E-state index in [1.165, 1.54) is 23.1 Å². The predicted molar refractivity (Wildman–Crippen MR) is 128 cm³/mol. The number of thioether (sulfide) groups is 1. The van der Waals surface area contributed by atoms with Gasteiger partial charge in [0.05, 0.1) is 22.4 Å². The number of allylic oxidation sites excluding steroid dienone is 1. The number of carbonyl (C=O) groups excluding carboxylic acids is 2. The molecule has 2 N–H and O–H groups in total. The summed E-state index contributed by atoms with van der Waals surface area (Å²) < 4.78 is 1.85. The number of rotatable bonds is 10. The number of carbonyl (C=O) groups is 2. The zero-order valence-corrected chi connectivity index (χ0v) is 20.0. The maximum atomic E-state index is 12.9. The van der Waals surface area contributed by atoms with Crippen LogP contribution in [-0.4, -0.2) is 37.3 Å². The average molecular weight is 491 g/mol. The van der Waals surface area contributed by atoms with E-state index in [2.05, 4.69) is 32.4 Å². The van der Waals surface area contributed by atoms with Crippen molar-refractivity contribution in [2.45, 2.75) is 31.6 Å². The lowest BCUT2D eigenvalue weighted by atomic mass is 10.0. The number of benzene rings is 1. The fraction of sp³-hybridized carbons (Fsp3) is 0.286. The highest BCUT2D eigenvalue weighted by molar-refractivity contribution is 7.99. The van der Waals surface area contributed by atoms with Gasteiger partial charge in [0.2, 0.25) is 5.91 Å². The van der Waals surface area contributed by atoms with E-state index in [1.807, 2.05) is 18.4 Å². The molecule has 1 aromatic carbocycles. The number of nitrogens with zero attached hydrogens (tertiary/aromatic N) is 4. The fourth-order valence-electron chi connectivity index (χ4n) is 2.90. The standard InChI is InChI=1S/C21H23ClN6O2S2/c1-4-10-28-18(17(13(2)3)25-19(30)14-7-5-6-8-15(14)22)26-27-21(28)32-12-16(29)24-20-23-9-11-31-20/h4-9,11,13,17H,1,10,12H2,2-3H3,(H,25,30)(H,23,24,29). The Bertz CT molecular complexity index is 1080. The molecule has 0 radical (unpaired) electrons. The molecule has 2 heterocycles. The first-order valence-corrected chi connectivity index (χ1v) is 12.1. The average Bonchev–Trinajstić information content (AvgIpc) is 3.41. The zero-order chi connectivity index (χ0) is 23.1. The molecule has 0 aliphatic carbocycles. The summed E-state index contributed by atoms with van der Waals surface area (Å²) in [7, 11) is 0. The number of halogens is 1. The highest BCUT2D eigenvalue weighted by atomic mass is 35.5. The predicted octanol–water partition coefficient (Wildman–Crippen LogP) is 4.43. The van der Waals surface area contributed by atoms with Gasteiger partial charge in [0.15, 0.2) is 16.1 Å². The Kier molecular flexibility index (Phi) is 8.43. The lowest BCUT2D eigenvalue weighted by molar-refractivity contribution is -0.113. The first-order chi connectivity index (χ1) is 15.4. The quantitative estimate of drug-likeness (QED) is 0.322. The van der Waals surface area contributed by atoms with E-state index in [0.29, 0.717) is 33.2 Å². The van der Waals surface area contributed by atoms with Gasteiger partial charge in [0, 0.05) is 18.1 Å². The maximum Gasteiger partial charge on any atom is 0.253 e. The van der Waals surface area contributed by atoms with E-state index in [9.17, 15) is 9.59 Å². The summed E-state index contributed by atoms with van der Waals surface area (Å²) >= 11 is 8.79. The Morgan fingerprint density at radius 3 is 2.75 bits per heavy atom. The van der Waals surface area contributed by atoms with Crippen LogP contribution in [0.1, 0.15) is 36.1 Å². The van der Waals surface area contributed by atoms with Crippen LogP contribution in [0.5, 0.6) is 0 Å². The molecule has 1 atom stereocenters. The topological polar surface area (TPSA) is 102 Å². The van der Waals surface area contributed by atoms with E-state index in [4.69, 9.17) is 11.6 Å². The second kappa shape index (κ2) is 11.3. The molecule has 0 saturated carbocycles. The third-order valence-corrected chi connectivity index (χ3v) is 6.40. The minimum atomic E-state index is -0.412. The summed E-state index contributed by atoms with van der Waals surface area (Å²) in [5.74, 6) is 0.280. The molecule has 2 aromatic heterocycles. The third-order valence-electron chi connectivity index (χ3n) is 4.42. The largest absolute Gasteiger partial charge is 0.342 e. The molecule has 3 aromatic rings. The molecule has 0 saturated heterocycles. The summed E-state index contributed by atoms with van der Waals surface area (Å²) in [4.78, 5) is 29.1. The second-order valence-electron chi connectivity index (χ2n) is 7.09. The Morgan fingerprint density at radius 1 is 1.31 bits per heavy atom. The van der Waals surface area contributed by atoms with E-state index in [-0.39, 0.29) is 23.5 Å². The molecule has 0 bridgehead atoms. The van der Waals surface area contributed by atoms with Crippen LogP contribution in [-0.2, 0) is 11.3 Å². The van der Waals surface area contributed by atoms with Crippen molar-refractivity contribution in [3.8, 4) is 0 Å². The maximum absolute atomic E-state index is 12.9. The van der Waals surface area contributed by atoms with Crippen molar-refractivity contribution < 1.29 is 9.59 Å². The van der Waals surface area contributed by atoms with E-state index in [1.54, 1.807) is 41.9 Å². The zero-order valence-electron chi connectivity index (χ0n) is 17.6. The van der Waals surface area contributed by atoms with Crippen molar-refractivity contribution >= 4 is 51.6 Å². The van der Waals surface area contributed by atoms with Gasteiger partial charge in [-0.05, 0) is 18.1 Å².